The highest BCUT2D eigenvalue weighted by Gasteiger charge is 2.08. The van der Waals surface area contributed by atoms with Gasteiger partial charge in [0.05, 0.1) is 12.0 Å². The van der Waals surface area contributed by atoms with Crippen LogP contribution in [0.15, 0.2) is 22.8 Å². The molecule has 0 spiro atoms. The predicted octanol–water partition coefficient (Wildman–Crippen LogP) is 2.41. The van der Waals surface area contributed by atoms with Crippen molar-refractivity contribution < 1.29 is 14.8 Å². The summed E-state index contributed by atoms with van der Waals surface area (Å²) in [4.78, 5) is 9.51. The summed E-state index contributed by atoms with van der Waals surface area (Å²) in [7, 11) is 1.41. The molecule has 0 fully saturated rings. The van der Waals surface area contributed by atoms with Crippen LogP contribution in [0, 0.1) is 10.1 Å². The van der Waals surface area contributed by atoms with Crippen LogP contribution >= 0.6 is 15.9 Å². The molecule has 0 saturated carbocycles. The lowest BCUT2D eigenvalue weighted by Crippen LogP contribution is -1.87. The molecule has 0 heterocycles. The first-order chi connectivity index (χ1) is 7.04. The normalized spacial score (nSPS) is 10.5. The third-order valence-electron chi connectivity index (χ3n) is 1.66. The third kappa shape index (κ3) is 2.95. The Kier molecular flexibility index (Phi) is 3.68. The van der Waals surface area contributed by atoms with Gasteiger partial charge in [-0.15, -0.1) is 0 Å². The fourth-order valence-electron chi connectivity index (χ4n) is 1.02. The maximum Gasteiger partial charge on any atom is 0.235 e. The number of nitro groups is 1. The first-order valence-corrected chi connectivity index (χ1v) is 4.72. The van der Waals surface area contributed by atoms with Crippen molar-refractivity contribution in [1.29, 1.82) is 0 Å². The van der Waals surface area contributed by atoms with Gasteiger partial charge in [0.25, 0.3) is 0 Å². The number of rotatable bonds is 3. The monoisotopic (exact) mass is 273 g/mol. The fourth-order valence-corrected chi connectivity index (χ4v) is 1.47. The number of aromatic hydroxyl groups is 1. The number of phenolic OH excluding ortho intramolecular Hbond substituents is 1. The van der Waals surface area contributed by atoms with E-state index in [0.29, 0.717) is 10.0 Å². The van der Waals surface area contributed by atoms with Crippen LogP contribution in [0.5, 0.6) is 11.5 Å². The van der Waals surface area contributed by atoms with Gasteiger partial charge in [-0.1, -0.05) is 15.9 Å². The molecule has 0 radical (unpaired) electrons. The Morgan fingerprint density at radius 3 is 2.80 bits per heavy atom. The molecule has 0 atom stereocenters. The lowest BCUT2D eigenvalue weighted by Gasteiger charge is -2.06. The Morgan fingerprint density at radius 1 is 1.60 bits per heavy atom. The molecule has 0 amide bonds. The second kappa shape index (κ2) is 4.79. The van der Waals surface area contributed by atoms with Crippen molar-refractivity contribution in [2.24, 2.45) is 0 Å². The van der Waals surface area contributed by atoms with Gasteiger partial charge in [-0.2, -0.15) is 0 Å². The third-order valence-corrected chi connectivity index (χ3v) is 2.12. The molecule has 1 N–H and O–H groups in total. The van der Waals surface area contributed by atoms with E-state index < -0.39 is 4.92 Å². The first-order valence-electron chi connectivity index (χ1n) is 3.93. The smallest absolute Gasteiger partial charge is 0.235 e. The summed E-state index contributed by atoms with van der Waals surface area (Å²) >= 11 is 3.20. The van der Waals surface area contributed by atoms with E-state index in [1.54, 1.807) is 12.1 Å². The summed E-state index contributed by atoms with van der Waals surface area (Å²) in [6, 6.07) is 3.12. The molecule has 0 aliphatic carbocycles. The molecule has 5 nitrogen and oxygen atoms in total. The molecular formula is C9H8BrNO4. The number of phenols is 1. The summed E-state index contributed by atoms with van der Waals surface area (Å²) in [5, 5.41) is 19.7. The van der Waals surface area contributed by atoms with Crippen molar-refractivity contribution >= 4 is 22.0 Å². The van der Waals surface area contributed by atoms with E-state index in [-0.39, 0.29) is 11.5 Å². The van der Waals surface area contributed by atoms with Gasteiger partial charge in [-0.05, 0) is 12.1 Å². The summed E-state index contributed by atoms with van der Waals surface area (Å²) in [6.07, 6.45) is 1.95. The largest absolute Gasteiger partial charge is 0.504 e. The number of halogens is 1. The molecule has 15 heavy (non-hydrogen) atoms. The molecule has 0 saturated heterocycles. The van der Waals surface area contributed by atoms with Crippen LogP contribution in [0.2, 0.25) is 0 Å². The average molecular weight is 274 g/mol. The van der Waals surface area contributed by atoms with Crippen molar-refractivity contribution in [3.05, 3.63) is 38.5 Å². The highest BCUT2D eigenvalue weighted by molar-refractivity contribution is 9.10. The maximum absolute atomic E-state index is 10.1. The number of ether oxygens (including phenoxy) is 1. The highest BCUT2D eigenvalue weighted by atomic mass is 79.9. The summed E-state index contributed by atoms with van der Waals surface area (Å²) in [5.74, 6) is 0.131. The van der Waals surface area contributed by atoms with Crippen molar-refractivity contribution in [1.82, 2.24) is 0 Å². The number of benzene rings is 1. The van der Waals surface area contributed by atoms with E-state index in [1.165, 1.54) is 13.2 Å². The Balaban J connectivity index is 3.17. The molecule has 0 bridgehead atoms. The maximum atomic E-state index is 10.1. The minimum absolute atomic E-state index is 0.126. The SMILES string of the molecule is COc1cc(Br)cc(/C=C\[N+](=O)[O-])c1O. The minimum atomic E-state index is -0.604. The molecule has 0 aromatic heterocycles. The Labute approximate surface area is 94.3 Å². The van der Waals surface area contributed by atoms with Gasteiger partial charge in [0.1, 0.15) is 0 Å². The molecule has 1 aromatic carbocycles. The number of nitrogens with zero attached hydrogens (tertiary/aromatic N) is 1. The average Bonchev–Trinajstić information content (AvgIpc) is 2.18. The topological polar surface area (TPSA) is 72.6 Å². The zero-order chi connectivity index (χ0) is 11.4. The molecule has 1 rings (SSSR count). The minimum Gasteiger partial charge on any atom is -0.504 e. The number of hydrogen-bond acceptors (Lipinski definition) is 4. The van der Waals surface area contributed by atoms with Crippen LogP contribution in [0.4, 0.5) is 0 Å². The molecule has 0 unspecified atom stereocenters. The molecule has 80 valence electrons. The van der Waals surface area contributed by atoms with Crippen molar-refractivity contribution in [2.45, 2.75) is 0 Å². The van der Waals surface area contributed by atoms with Crippen molar-refractivity contribution in [3.8, 4) is 11.5 Å². The van der Waals surface area contributed by atoms with Crippen LogP contribution in [0.1, 0.15) is 5.56 Å². The van der Waals surface area contributed by atoms with Crippen molar-refractivity contribution in [2.75, 3.05) is 7.11 Å². The number of hydrogen-bond donors (Lipinski definition) is 1. The lowest BCUT2D eigenvalue weighted by atomic mass is 10.2. The second-order valence-corrected chi connectivity index (χ2v) is 3.56. The first kappa shape index (κ1) is 11.5. The van der Waals surface area contributed by atoms with Gasteiger partial charge in [0.2, 0.25) is 6.20 Å². The fraction of sp³-hybridized carbons (Fsp3) is 0.111. The van der Waals surface area contributed by atoms with Crippen molar-refractivity contribution in [3.63, 3.8) is 0 Å². The zero-order valence-corrected chi connectivity index (χ0v) is 9.39. The van der Waals surface area contributed by atoms with E-state index in [1.807, 2.05) is 0 Å². The Bertz CT molecular complexity index is 417. The molecule has 0 aliphatic rings. The van der Waals surface area contributed by atoms with E-state index in [2.05, 4.69) is 15.9 Å². The molecule has 6 heteroatoms. The van der Waals surface area contributed by atoms with Crippen LogP contribution in [-0.2, 0) is 0 Å². The van der Waals surface area contributed by atoms with Gasteiger partial charge in [-0.3, -0.25) is 10.1 Å². The van der Waals surface area contributed by atoms with E-state index >= 15 is 0 Å². The van der Waals surface area contributed by atoms with E-state index in [0.717, 1.165) is 6.20 Å². The quantitative estimate of drug-likeness (QED) is 0.678. The molecular weight excluding hydrogens is 266 g/mol. The molecule has 0 aliphatic heterocycles. The standard InChI is InChI=1S/C9H8BrNO4/c1-15-8-5-7(10)4-6(9(8)12)2-3-11(13)14/h2-5,12H,1H3/b3-2-. The van der Waals surface area contributed by atoms with E-state index in [4.69, 9.17) is 4.74 Å². The van der Waals surface area contributed by atoms with Crippen LogP contribution in [-0.4, -0.2) is 17.1 Å². The van der Waals surface area contributed by atoms with Gasteiger partial charge >= 0.3 is 0 Å². The summed E-state index contributed by atoms with van der Waals surface area (Å²) < 4.78 is 5.56. The number of methoxy groups -OCH3 is 1. The van der Waals surface area contributed by atoms with Crippen LogP contribution in [0.25, 0.3) is 6.08 Å². The lowest BCUT2D eigenvalue weighted by molar-refractivity contribution is -0.400. The highest BCUT2D eigenvalue weighted by Crippen LogP contribution is 2.34. The molecule has 1 aromatic rings. The van der Waals surface area contributed by atoms with Crippen LogP contribution in [0.3, 0.4) is 0 Å². The predicted molar refractivity (Wildman–Crippen MR) is 58.4 cm³/mol. The summed E-state index contributed by atoms with van der Waals surface area (Å²) in [6.45, 7) is 0. The zero-order valence-electron chi connectivity index (χ0n) is 7.81. The Morgan fingerprint density at radius 2 is 2.27 bits per heavy atom. The van der Waals surface area contributed by atoms with Gasteiger partial charge in [-0.25, -0.2) is 0 Å². The second-order valence-electron chi connectivity index (χ2n) is 2.65. The van der Waals surface area contributed by atoms with E-state index in [9.17, 15) is 15.2 Å². The van der Waals surface area contributed by atoms with Crippen LogP contribution < -0.4 is 4.74 Å². The van der Waals surface area contributed by atoms with Gasteiger partial charge < -0.3 is 9.84 Å². The Hall–Kier alpha value is -1.56. The summed E-state index contributed by atoms with van der Waals surface area (Å²) in [5.41, 5.74) is 0.318. The van der Waals surface area contributed by atoms with Gasteiger partial charge in [0.15, 0.2) is 11.5 Å². The van der Waals surface area contributed by atoms with Gasteiger partial charge in [0, 0.05) is 16.1 Å².